The number of esters is 1. The second-order valence-corrected chi connectivity index (χ2v) is 6.18. The first-order valence-electron chi connectivity index (χ1n) is 8.46. The van der Waals surface area contributed by atoms with Crippen LogP contribution < -0.4 is 9.47 Å². The Morgan fingerprint density at radius 2 is 2.04 bits per heavy atom. The van der Waals surface area contributed by atoms with Crippen LogP contribution in [-0.4, -0.2) is 24.8 Å². The van der Waals surface area contributed by atoms with Crippen LogP contribution in [0.15, 0.2) is 61.2 Å². The number of hydrogen-bond acceptors (Lipinski definition) is 5. The predicted octanol–water partition coefficient (Wildman–Crippen LogP) is 3.28. The van der Waals surface area contributed by atoms with E-state index in [0.717, 1.165) is 5.56 Å². The summed E-state index contributed by atoms with van der Waals surface area (Å²) in [6.45, 7) is 4.38. The first-order chi connectivity index (χ1) is 12.6. The zero-order chi connectivity index (χ0) is 18.5. The number of carbonyl (C=O) groups excluding carboxylic acids is 1. The quantitative estimate of drug-likeness (QED) is 0.611. The molecule has 1 heterocycles. The molecule has 5 nitrogen and oxygen atoms in total. The lowest BCUT2D eigenvalue weighted by Gasteiger charge is -2.20. The third kappa shape index (κ3) is 3.73. The second-order valence-electron chi connectivity index (χ2n) is 6.18. The highest BCUT2D eigenvalue weighted by Gasteiger charge is 2.41. The number of rotatable bonds is 7. The van der Waals surface area contributed by atoms with Crippen molar-refractivity contribution in [1.29, 1.82) is 0 Å². The molecule has 5 heteroatoms. The number of carbonyl (C=O) groups is 1. The number of benzene rings is 2. The Kier molecular flexibility index (Phi) is 5.58. The van der Waals surface area contributed by atoms with Gasteiger partial charge in [0, 0.05) is 5.92 Å². The molecule has 3 atom stereocenters. The van der Waals surface area contributed by atoms with Gasteiger partial charge in [-0.25, -0.2) is 0 Å². The molecule has 26 heavy (non-hydrogen) atoms. The zero-order valence-corrected chi connectivity index (χ0v) is 14.6. The fraction of sp³-hybridized carbons (Fsp3) is 0.286. The van der Waals surface area contributed by atoms with Crippen molar-refractivity contribution < 1.29 is 24.1 Å². The van der Waals surface area contributed by atoms with Crippen LogP contribution in [-0.2, 0) is 16.1 Å². The Labute approximate surface area is 152 Å². The van der Waals surface area contributed by atoms with Gasteiger partial charge >= 0.3 is 5.97 Å². The molecule has 0 radical (unpaired) electrons. The van der Waals surface area contributed by atoms with E-state index in [9.17, 15) is 9.90 Å². The highest BCUT2D eigenvalue weighted by atomic mass is 16.5. The van der Waals surface area contributed by atoms with Gasteiger partial charge in [0.1, 0.15) is 6.61 Å². The highest BCUT2D eigenvalue weighted by molar-refractivity contribution is 5.76. The number of methoxy groups -OCH3 is 1. The van der Waals surface area contributed by atoms with E-state index in [2.05, 4.69) is 6.58 Å². The molecule has 2 aromatic rings. The summed E-state index contributed by atoms with van der Waals surface area (Å²) in [5, 5.41) is 10.7. The van der Waals surface area contributed by atoms with Gasteiger partial charge in [0.15, 0.2) is 11.5 Å². The van der Waals surface area contributed by atoms with E-state index in [1.54, 1.807) is 24.3 Å². The molecule has 1 fully saturated rings. The topological polar surface area (TPSA) is 65.0 Å². The Hall–Kier alpha value is -2.79. The maximum Gasteiger partial charge on any atom is 0.312 e. The maximum absolute atomic E-state index is 12.0. The Morgan fingerprint density at radius 3 is 2.73 bits per heavy atom. The standard InChI is InChI=1S/C21H22O5/c1-3-15-13-26-21(23)19(15)20(22)16-9-10-17(18(11-16)24-2)25-12-14-7-5-4-6-8-14/h3-11,15,19-20,22H,1,12-13H2,2H3/t15-,19-,20-/m1/s1. The Bertz CT molecular complexity index is 771. The second kappa shape index (κ2) is 8.06. The number of aliphatic hydroxyl groups excluding tert-OH is 1. The fourth-order valence-electron chi connectivity index (χ4n) is 3.06. The van der Waals surface area contributed by atoms with Crippen LogP contribution in [0.5, 0.6) is 11.5 Å². The molecule has 0 amide bonds. The summed E-state index contributed by atoms with van der Waals surface area (Å²) in [4.78, 5) is 12.0. The van der Waals surface area contributed by atoms with E-state index in [0.29, 0.717) is 23.7 Å². The molecule has 0 saturated carbocycles. The summed E-state index contributed by atoms with van der Waals surface area (Å²) in [5.74, 6) is -0.211. The lowest BCUT2D eigenvalue weighted by atomic mass is 9.86. The van der Waals surface area contributed by atoms with Crippen LogP contribution in [0, 0.1) is 11.8 Å². The molecule has 3 rings (SSSR count). The third-order valence-corrected chi connectivity index (χ3v) is 4.56. The van der Waals surface area contributed by atoms with Gasteiger partial charge in [-0.2, -0.15) is 0 Å². The van der Waals surface area contributed by atoms with Crippen LogP contribution in [0.1, 0.15) is 17.2 Å². The lowest BCUT2D eigenvalue weighted by molar-refractivity contribution is -0.144. The van der Waals surface area contributed by atoms with E-state index in [4.69, 9.17) is 14.2 Å². The highest BCUT2D eigenvalue weighted by Crippen LogP contribution is 2.38. The van der Waals surface area contributed by atoms with Gasteiger partial charge in [0.25, 0.3) is 0 Å². The molecule has 0 spiro atoms. The Balaban J connectivity index is 1.77. The largest absolute Gasteiger partial charge is 0.493 e. The van der Waals surface area contributed by atoms with Crippen molar-refractivity contribution in [1.82, 2.24) is 0 Å². The van der Waals surface area contributed by atoms with E-state index < -0.39 is 18.0 Å². The smallest absolute Gasteiger partial charge is 0.312 e. The molecule has 0 aliphatic carbocycles. The van der Waals surface area contributed by atoms with Gasteiger partial charge in [0.2, 0.25) is 0 Å². The van der Waals surface area contributed by atoms with Gasteiger partial charge in [0.05, 0.1) is 25.7 Å². The maximum atomic E-state index is 12.0. The lowest BCUT2D eigenvalue weighted by Crippen LogP contribution is -2.23. The van der Waals surface area contributed by atoms with Crippen LogP contribution >= 0.6 is 0 Å². The van der Waals surface area contributed by atoms with Crippen LogP contribution in [0.2, 0.25) is 0 Å². The predicted molar refractivity (Wildman–Crippen MR) is 96.9 cm³/mol. The average Bonchev–Trinajstić information content (AvgIpc) is 3.07. The normalized spacial score (nSPS) is 20.3. The fourth-order valence-corrected chi connectivity index (χ4v) is 3.06. The number of ether oxygens (including phenoxy) is 3. The summed E-state index contributed by atoms with van der Waals surface area (Å²) >= 11 is 0. The van der Waals surface area contributed by atoms with E-state index in [-0.39, 0.29) is 12.5 Å². The molecular formula is C21H22O5. The van der Waals surface area contributed by atoms with E-state index in [1.165, 1.54) is 7.11 Å². The van der Waals surface area contributed by atoms with Crippen molar-refractivity contribution in [3.8, 4) is 11.5 Å². The van der Waals surface area contributed by atoms with Gasteiger partial charge < -0.3 is 19.3 Å². The molecule has 1 aliphatic heterocycles. The minimum absolute atomic E-state index is 0.211. The van der Waals surface area contributed by atoms with Crippen molar-refractivity contribution in [2.45, 2.75) is 12.7 Å². The van der Waals surface area contributed by atoms with Crippen LogP contribution in [0.4, 0.5) is 0 Å². The number of hydrogen-bond donors (Lipinski definition) is 1. The summed E-state index contributed by atoms with van der Waals surface area (Å²) in [7, 11) is 1.54. The molecule has 0 aromatic heterocycles. The third-order valence-electron chi connectivity index (χ3n) is 4.56. The first-order valence-corrected chi connectivity index (χ1v) is 8.46. The monoisotopic (exact) mass is 354 g/mol. The minimum atomic E-state index is -0.995. The molecule has 136 valence electrons. The minimum Gasteiger partial charge on any atom is -0.493 e. The molecule has 0 bridgehead atoms. The summed E-state index contributed by atoms with van der Waals surface area (Å²) < 4.78 is 16.3. The number of cyclic esters (lactones) is 1. The van der Waals surface area contributed by atoms with Crippen LogP contribution in [0.3, 0.4) is 0 Å². The van der Waals surface area contributed by atoms with Crippen molar-refractivity contribution in [2.24, 2.45) is 11.8 Å². The van der Waals surface area contributed by atoms with Crippen molar-refractivity contribution in [2.75, 3.05) is 13.7 Å². The molecule has 1 N–H and O–H groups in total. The van der Waals surface area contributed by atoms with Gasteiger partial charge in [-0.3, -0.25) is 4.79 Å². The van der Waals surface area contributed by atoms with Crippen LogP contribution in [0.25, 0.3) is 0 Å². The van der Waals surface area contributed by atoms with Crippen molar-refractivity contribution >= 4 is 5.97 Å². The van der Waals surface area contributed by atoms with Gasteiger partial charge in [-0.05, 0) is 23.3 Å². The van der Waals surface area contributed by atoms with Crippen molar-refractivity contribution in [3.63, 3.8) is 0 Å². The van der Waals surface area contributed by atoms with E-state index in [1.807, 2.05) is 30.3 Å². The van der Waals surface area contributed by atoms with E-state index >= 15 is 0 Å². The van der Waals surface area contributed by atoms with Gasteiger partial charge in [-0.1, -0.05) is 42.5 Å². The summed E-state index contributed by atoms with van der Waals surface area (Å²) in [5.41, 5.74) is 1.62. The molecule has 1 aliphatic rings. The number of aliphatic hydroxyl groups is 1. The Morgan fingerprint density at radius 1 is 1.27 bits per heavy atom. The molecule has 2 aromatic carbocycles. The zero-order valence-electron chi connectivity index (χ0n) is 14.6. The first kappa shape index (κ1) is 18.0. The average molecular weight is 354 g/mol. The van der Waals surface area contributed by atoms with Gasteiger partial charge in [-0.15, -0.1) is 6.58 Å². The van der Waals surface area contributed by atoms with Crippen molar-refractivity contribution in [3.05, 3.63) is 72.3 Å². The SMILES string of the molecule is C=C[C@@H]1COC(=O)[C@H]1[C@H](O)c1ccc(OCc2ccccc2)c(OC)c1. The molecule has 0 unspecified atom stereocenters. The molecular weight excluding hydrogens is 332 g/mol. The summed E-state index contributed by atoms with van der Waals surface area (Å²) in [6, 6.07) is 15.0. The molecule has 1 saturated heterocycles. The summed E-state index contributed by atoms with van der Waals surface area (Å²) in [6.07, 6.45) is 0.651.